The number of hydrogen-bond donors (Lipinski definition) is 1. The number of rotatable bonds is 3. The maximum Gasteiger partial charge on any atom is 0.0991 e. The first-order valence-corrected chi connectivity index (χ1v) is 5.70. The quantitative estimate of drug-likeness (QED) is 0.838. The third-order valence-corrected chi connectivity index (χ3v) is 2.82. The topological polar surface area (TPSA) is 45.0 Å². The molecule has 1 saturated heterocycles. The van der Waals surface area contributed by atoms with Crippen molar-refractivity contribution in [3.63, 3.8) is 0 Å². The Kier molecular flexibility index (Phi) is 3.92. The van der Waals surface area contributed by atoms with Crippen LogP contribution in [-0.2, 0) is 11.3 Å². The highest BCUT2D eigenvalue weighted by atomic mass is 16.5. The van der Waals surface area contributed by atoms with Crippen LogP contribution in [0.5, 0.6) is 0 Å². The summed E-state index contributed by atoms with van der Waals surface area (Å²) in [5.74, 6) is 0. The van der Waals surface area contributed by atoms with Gasteiger partial charge in [0.25, 0.3) is 0 Å². The zero-order valence-corrected chi connectivity index (χ0v) is 9.28. The first-order valence-electron chi connectivity index (χ1n) is 5.70. The molecule has 0 bridgehead atoms. The van der Waals surface area contributed by atoms with Crippen LogP contribution in [0.3, 0.4) is 0 Å². The van der Waals surface area contributed by atoms with E-state index < -0.39 is 0 Å². The summed E-state index contributed by atoms with van der Waals surface area (Å²) < 4.78 is 5.80. The number of nitriles is 1. The van der Waals surface area contributed by atoms with Crippen LogP contribution in [0, 0.1) is 11.3 Å². The van der Waals surface area contributed by atoms with E-state index in [1.54, 1.807) is 0 Å². The van der Waals surface area contributed by atoms with Gasteiger partial charge in [0, 0.05) is 6.54 Å². The van der Waals surface area contributed by atoms with Gasteiger partial charge in [-0.2, -0.15) is 5.26 Å². The normalized spacial score (nSPS) is 20.3. The van der Waals surface area contributed by atoms with Crippen LogP contribution in [0.4, 0.5) is 0 Å². The molecule has 0 saturated carbocycles. The first-order chi connectivity index (χ1) is 7.88. The Morgan fingerprint density at radius 2 is 2.19 bits per heavy atom. The van der Waals surface area contributed by atoms with Gasteiger partial charge in [-0.3, -0.25) is 0 Å². The van der Waals surface area contributed by atoms with E-state index in [2.05, 4.69) is 11.4 Å². The van der Waals surface area contributed by atoms with Gasteiger partial charge in [-0.05, 0) is 37.1 Å². The molecule has 16 heavy (non-hydrogen) atoms. The number of ether oxygens (including phenoxy) is 1. The van der Waals surface area contributed by atoms with Gasteiger partial charge in [-0.25, -0.2) is 0 Å². The lowest BCUT2D eigenvalue weighted by atomic mass is 10.1. The fraction of sp³-hybridized carbons (Fsp3) is 0.462. The number of nitrogens with one attached hydrogen (secondary N) is 1. The molecule has 0 amide bonds. The largest absolute Gasteiger partial charge is 0.372 e. The standard InChI is InChI=1S/C13H16N2O/c14-8-11-3-5-12(6-4-11)10-16-13-2-1-7-15-9-13/h3-6,13,15H,1-2,7,9-10H2/t13-/m0/s1. The van der Waals surface area contributed by atoms with Crippen LogP contribution in [0.2, 0.25) is 0 Å². The van der Waals surface area contributed by atoms with Crippen molar-refractivity contribution in [1.29, 1.82) is 5.26 Å². The zero-order valence-electron chi connectivity index (χ0n) is 9.28. The number of hydrogen-bond acceptors (Lipinski definition) is 3. The van der Waals surface area contributed by atoms with Crippen LogP contribution < -0.4 is 5.32 Å². The van der Waals surface area contributed by atoms with Crippen LogP contribution in [0.25, 0.3) is 0 Å². The lowest BCUT2D eigenvalue weighted by molar-refractivity contribution is 0.0253. The Morgan fingerprint density at radius 3 is 2.81 bits per heavy atom. The summed E-state index contributed by atoms with van der Waals surface area (Å²) in [5.41, 5.74) is 1.83. The second-order valence-corrected chi connectivity index (χ2v) is 4.09. The minimum atomic E-state index is 0.337. The highest BCUT2D eigenvalue weighted by molar-refractivity contribution is 5.31. The summed E-state index contributed by atoms with van der Waals surface area (Å²) in [6, 6.07) is 9.68. The minimum absolute atomic E-state index is 0.337. The Hall–Kier alpha value is -1.37. The van der Waals surface area contributed by atoms with Crippen LogP contribution >= 0.6 is 0 Å². The second kappa shape index (κ2) is 5.64. The van der Waals surface area contributed by atoms with E-state index in [9.17, 15) is 0 Å². The summed E-state index contributed by atoms with van der Waals surface area (Å²) >= 11 is 0. The number of nitrogens with zero attached hydrogens (tertiary/aromatic N) is 1. The van der Waals surface area contributed by atoms with Crippen molar-refractivity contribution in [3.8, 4) is 6.07 Å². The van der Waals surface area contributed by atoms with E-state index in [1.165, 1.54) is 6.42 Å². The predicted octanol–water partition coefficient (Wildman–Crippen LogP) is 1.83. The Labute approximate surface area is 96.0 Å². The van der Waals surface area contributed by atoms with Gasteiger partial charge in [-0.15, -0.1) is 0 Å². The Bertz CT molecular complexity index is 361. The summed E-state index contributed by atoms with van der Waals surface area (Å²) in [6.45, 7) is 2.70. The molecule has 1 heterocycles. The van der Waals surface area contributed by atoms with E-state index in [4.69, 9.17) is 10.00 Å². The molecule has 2 rings (SSSR count). The van der Waals surface area contributed by atoms with Gasteiger partial charge in [0.1, 0.15) is 0 Å². The van der Waals surface area contributed by atoms with Crippen molar-refractivity contribution in [1.82, 2.24) is 5.32 Å². The highest BCUT2D eigenvalue weighted by Crippen LogP contribution is 2.10. The molecular weight excluding hydrogens is 200 g/mol. The molecule has 0 aliphatic carbocycles. The van der Waals surface area contributed by atoms with Crippen LogP contribution in [-0.4, -0.2) is 19.2 Å². The van der Waals surface area contributed by atoms with Crippen molar-refractivity contribution in [2.75, 3.05) is 13.1 Å². The van der Waals surface area contributed by atoms with Gasteiger partial charge in [-0.1, -0.05) is 12.1 Å². The van der Waals surface area contributed by atoms with Crippen molar-refractivity contribution < 1.29 is 4.74 Å². The average molecular weight is 216 g/mol. The zero-order chi connectivity index (χ0) is 11.2. The maximum atomic E-state index is 8.67. The average Bonchev–Trinajstić information content (AvgIpc) is 2.38. The van der Waals surface area contributed by atoms with E-state index in [0.29, 0.717) is 18.3 Å². The van der Waals surface area contributed by atoms with Gasteiger partial charge in [0.2, 0.25) is 0 Å². The summed E-state index contributed by atoms with van der Waals surface area (Å²) in [6.07, 6.45) is 2.67. The first kappa shape index (κ1) is 11.1. The molecule has 1 aliphatic heterocycles. The number of benzene rings is 1. The molecule has 0 spiro atoms. The van der Waals surface area contributed by atoms with Crippen molar-refractivity contribution in [3.05, 3.63) is 35.4 Å². The molecular formula is C13H16N2O. The molecule has 3 nitrogen and oxygen atoms in total. The van der Waals surface area contributed by atoms with Crippen LogP contribution in [0.15, 0.2) is 24.3 Å². The molecule has 1 fully saturated rings. The molecule has 1 atom stereocenters. The van der Waals surface area contributed by atoms with Gasteiger partial charge >= 0.3 is 0 Å². The number of piperidine rings is 1. The van der Waals surface area contributed by atoms with Gasteiger partial charge < -0.3 is 10.1 Å². The molecule has 1 aliphatic rings. The van der Waals surface area contributed by atoms with E-state index in [1.807, 2.05) is 24.3 Å². The monoisotopic (exact) mass is 216 g/mol. The SMILES string of the molecule is N#Cc1ccc(CO[C@H]2CCCNC2)cc1. The van der Waals surface area contributed by atoms with Crippen molar-refractivity contribution >= 4 is 0 Å². The fourth-order valence-electron chi connectivity index (χ4n) is 1.85. The fourth-order valence-corrected chi connectivity index (χ4v) is 1.85. The van der Waals surface area contributed by atoms with Gasteiger partial charge in [0.05, 0.1) is 24.3 Å². The summed E-state index contributed by atoms with van der Waals surface area (Å²) in [7, 11) is 0. The van der Waals surface area contributed by atoms with Crippen molar-refractivity contribution in [2.24, 2.45) is 0 Å². The van der Waals surface area contributed by atoms with E-state index >= 15 is 0 Å². The molecule has 3 heteroatoms. The van der Waals surface area contributed by atoms with E-state index in [-0.39, 0.29) is 0 Å². The third-order valence-electron chi connectivity index (χ3n) is 2.82. The molecule has 0 radical (unpaired) electrons. The molecule has 1 aromatic carbocycles. The molecule has 0 aromatic heterocycles. The minimum Gasteiger partial charge on any atom is -0.372 e. The lowest BCUT2D eigenvalue weighted by Crippen LogP contribution is -2.35. The smallest absolute Gasteiger partial charge is 0.0991 e. The predicted molar refractivity (Wildman–Crippen MR) is 61.8 cm³/mol. The maximum absolute atomic E-state index is 8.67. The van der Waals surface area contributed by atoms with Crippen molar-refractivity contribution in [2.45, 2.75) is 25.6 Å². The van der Waals surface area contributed by atoms with E-state index in [0.717, 1.165) is 25.1 Å². The molecule has 1 aromatic rings. The Balaban J connectivity index is 1.82. The third kappa shape index (κ3) is 3.06. The van der Waals surface area contributed by atoms with Gasteiger partial charge in [0.15, 0.2) is 0 Å². The summed E-state index contributed by atoms with van der Waals surface area (Å²) in [4.78, 5) is 0. The molecule has 84 valence electrons. The van der Waals surface area contributed by atoms with Crippen LogP contribution in [0.1, 0.15) is 24.0 Å². The summed E-state index contributed by atoms with van der Waals surface area (Å²) in [5, 5.41) is 12.0. The second-order valence-electron chi connectivity index (χ2n) is 4.09. The lowest BCUT2D eigenvalue weighted by Gasteiger charge is -2.23. The highest BCUT2D eigenvalue weighted by Gasteiger charge is 2.12. The molecule has 0 unspecified atom stereocenters. The Morgan fingerprint density at radius 1 is 1.38 bits per heavy atom. The molecule has 1 N–H and O–H groups in total.